The molecule has 0 amide bonds. The first-order valence-electron chi connectivity index (χ1n) is 9.70. The van der Waals surface area contributed by atoms with Gasteiger partial charge < -0.3 is 4.74 Å². The molecule has 0 bridgehead atoms. The molecule has 0 aliphatic rings. The van der Waals surface area contributed by atoms with Crippen molar-refractivity contribution in [1.82, 2.24) is 0 Å². The van der Waals surface area contributed by atoms with Crippen LogP contribution in [0, 0.1) is 6.42 Å². The molecule has 3 heteroatoms. The summed E-state index contributed by atoms with van der Waals surface area (Å²) in [5, 5.41) is 0. The Morgan fingerprint density at radius 1 is 0.667 bits per heavy atom. The van der Waals surface area contributed by atoms with E-state index in [1.807, 2.05) is 97.1 Å². The number of hydrogen-bond donors (Lipinski definition) is 0. The number of ketones is 1. The van der Waals surface area contributed by atoms with E-state index in [4.69, 9.17) is 4.74 Å². The Morgan fingerprint density at radius 2 is 1.17 bits per heavy atom. The summed E-state index contributed by atoms with van der Waals surface area (Å²) < 4.78 is 5.95. The van der Waals surface area contributed by atoms with Gasteiger partial charge in [0.1, 0.15) is 16.3 Å². The third-order valence-electron chi connectivity index (χ3n) is 4.71. The average Bonchev–Trinajstić information content (AvgIpc) is 2.81. The molecule has 1 radical (unpaired) electrons. The summed E-state index contributed by atoms with van der Waals surface area (Å²) in [6.45, 7) is 0. The standard InChI is InChI=1S/C27H20BrO2/c28-26(27(29)23-9-5-2-6-10-23)22-13-17-25(18-14-22)30-24-15-11-21(12-16-24)19-20-7-3-1-4-8-20/h1-19,26H. The fourth-order valence-corrected chi connectivity index (χ4v) is 3.68. The molecule has 4 aromatic carbocycles. The molecule has 0 spiro atoms. The highest BCUT2D eigenvalue weighted by atomic mass is 79.9. The fourth-order valence-electron chi connectivity index (χ4n) is 3.11. The van der Waals surface area contributed by atoms with Gasteiger partial charge in [0, 0.05) is 12.0 Å². The van der Waals surface area contributed by atoms with Gasteiger partial charge >= 0.3 is 0 Å². The van der Waals surface area contributed by atoms with Gasteiger partial charge in [0.05, 0.1) is 0 Å². The maximum atomic E-state index is 12.6. The molecule has 1 unspecified atom stereocenters. The predicted octanol–water partition coefficient (Wildman–Crippen LogP) is 7.40. The molecule has 4 aromatic rings. The number of halogens is 1. The van der Waals surface area contributed by atoms with Crippen molar-refractivity contribution in [2.24, 2.45) is 0 Å². The molecule has 147 valence electrons. The molecule has 0 saturated heterocycles. The third-order valence-corrected chi connectivity index (χ3v) is 5.65. The molecule has 2 nitrogen and oxygen atoms in total. The lowest BCUT2D eigenvalue weighted by atomic mass is 10.0. The maximum Gasteiger partial charge on any atom is 0.180 e. The highest BCUT2D eigenvalue weighted by Gasteiger charge is 2.18. The number of rotatable bonds is 7. The van der Waals surface area contributed by atoms with Crippen molar-refractivity contribution in [1.29, 1.82) is 0 Å². The van der Waals surface area contributed by atoms with Crippen LogP contribution in [0.5, 0.6) is 11.5 Å². The summed E-state index contributed by atoms with van der Waals surface area (Å²) >= 11 is 3.52. The minimum absolute atomic E-state index is 0.0366. The Morgan fingerprint density at radius 3 is 1.77 bits per heavy atom. The van der Waals surface area contributed by atoms with Crippen molar-refractivity contribution >= 4 is 21.7 Å². The summed E-state index contributed by atoms with van der Waals surface area (Å²) in [5.41, 5.74) is 3.86. The van der Waals surface area contributed by atoms with Crippen LogP contribution in [0.15, 0.2) is 109 Å². The van der Waals surface area contributed by atoms with Crippen LogP contribution < -0.4 is 4.74 Å². The minimum atomic E-state index is -0.387. The van der Waals surface area contributed by atoms with E-state index in [9.17, 15) is 4.79 Å². The SMILES string of the molecule is O=C(c1ccccc1)C(Br)c1ccc(Oc2ccc([CH]c3ccccc3)cc2)cc1. The predicted molar refractivity (Wildman–Crippen MR) is 124 cm³/mol. The van der Waals surface area contributed by atoms with Crippen LogP contribution in [-0.2, 0) is 0 Å². The van der Waals surface area contributed by atoms with Gasteiger partial charge in [-0.3, -0.25) is 4.79 Å². The highest BCUT2D eigenvalue weighted by molar-refractivity contribution is 9.09. The van der Waals surface area contributed by atoms with Gasteiger partial charge in [0.2, 0.25) is 0 Å². The van der Waals surface area contributed by atoms with E-state index in [2.05, 4.69) is 34.5 Å². The largest absolute Gasteiger partial charge is 0.457 e. The van der Waals surface area contributed by atoms with Gasteiger partial charge in [0.25, 0.3) is 0 Å². The molecule has 30 heavy (non-hydrogen) atoms. The van der Waals surface area contributed by atoms with Crippen LogP contribution in [-0.4, -0.2) is 5.78 Å². The van der Waals surface area contributed by atoms with Gasteiger partial charge in [-0.1, -0.05) is 101 Å². The smallest absolute Gasteiger partial charge is 0.180 e. The number of benzene rings is 4. The van der Waals surface area contributed by atoms with Gasteiger partial charge in [0.15, 0.2) is 5.78 Å². The first kappa shape index (κ1) is 20.1. The van der Waals surface area contributed by atoms with Gasteiger partial charge in [-0.15, -0.1) is 0 Å². The number of carbonyl (C=O) groups is 1. The van der Waals surface area contributed by atoms with E-state index >= 15 is 0 Å². The molecule has 0 fully saturated rings. The summed E-state index contributed by atoms with van der Waals surface area (Å²) in [6.07, 6.45) is 2.12. The lowest BCUT2D eigenvalue weighted by Gasteiger charge is -2.11. The van der Waals surface area contributed by atoms with E-state index in [-0.39, 0.29) is 10.6 Å². The Bertz CT molecular complexity index is 1090. The zero-order chi connectivity index (χ0) is 20.8. The quantitative estimate of drug-likeness (QED) is 0.214. The van der Waals surface area contributed by atoms with Gasteiger partial charge in [-0.05, 0) is 41.0 Å². The van der Waals surface area contributed by atoms with Crippen molar-refractivity contribution < 1.29 is 9.53 Å². The second-order valence-corrected chi connectivity index (χ2v) is 7.80. The maximum absolute atomic E-state index is 12.6. The summed E-state index contributed by atoms with van der Waals surface area (Å²) in [7, 11) is 0. The topological polar surface area (TPSA) is 26.3 Å². The summed E-state index contributed by atoms with van der Waals surface area (Å²) in [5.74, 6) is 1.53. The Hall–Kier alpha value is -3.17. The molecule has 1 atom stereocenters. The number of carbonyl (C=O) groups excluding carboxylic acids is 1. The molecule has 0 aromatic heterocycles. The van der Waals surface area contributed by atoms with E-state index in [1.165, 1.54) is 0 Å². The van der Waals surface area contributed by atoms with Crippen molar-refractivity contribution in [3.05, 3.63) is 138 Å². The number of hydrogen-bond acceptors (Lipinski definition) is 2. The van der Waals surface area contributed by atoms with Crippen LogP contribution in [0.4, 0.5) is 0 Å². The van der Waals surface area contributed by atoms with E-state index in [0.29, 0.717) is 5.56 Å². The van der Waals surface area contributed by atoms with Gasteiger partial charge in [-0.2, -0.15) is 0 Å². The Labute approximate surface area is 185 Å². The van der Waals surface area contributed by atoms with Crippen LogP contribution in [0.2, 0.25) is 0 Å². The Balaban J connectivity index is 1.39. The molecule has 0 heterocycles. The van der Waals surface area contributed by atoms with Crippen molar-refractivity contribution in [2.75, 3.05) is 0 Å². The monoisotopic (exact) mass is 455 g/mol. The Kier molecular flexibility index (Phi) is 6.41. The number of ether oxygens (including phenoxy) is 1. The number of alkyl halides is 1. The van der Waals surface area contributed by atoms with Crippen molar-refractivity contribution in [3.63, 3.8) is 0 Å². The highest BCUT2D eigenvalue weighted by Crippen LogP contribution is 2.30. The van der Waals surface area contributed by atoms with Crippen LogP contribution in [0.3, 0.4) is 0 Å². The van der Waals surface area contributed by atoms with E-state index in [1.54, 1.807) is 0 Å². The molecule has 0 N–H and O–H groups in total. The summed E-state index contributed by atoms with van der Waals surface area (Å²) in [4.78, 5) is 12.2. The first-order chi connectivity index (χ1) is 14.7. The third kappa shape index (κ3) is 5.05. The average molecular weight is 456 g/mol. The van der Waals surface area contributed by atoms with E-state index < -0.39 is 0 Å². The zero-order valence-corrected chi connectivity index (χ0v) is 17.8. The lowest BCUT2D eigenvalue weighted by molar-refractivity contribution is 0.0991. The molecule has 0 aliphatic heterocycles. The minimum Gasteiger partial charge on any atom is -0.457 e. The number of Topliss-reactive ketones (excluding diaryl/α,β-unsaturated/α-hetero) is 1. The molecule has 0 saturated carbocycles. The summed E-state index contributed by atoms with van der Waals surface area (Å²) in [6, 6.07) is 35.1. The second kappa shape index (κ2) is 9.55. The molecule has 4 rings (SSSR count). The van der Waals surface area contributed by atoms with Gasteiger partial charge in [-0.25, -0.2) is 0 Å². The molecule has 0 aliphatic carbocycles. The molecular weight excluding hydrogens is 436 g/mol. The van der Waals surface area contributed by atoms with Crippen LogP contribution >= 0.6 is 15.9 Å². The zero-order valence-electron chi connectivity index (χ0n) is 16.2. The second-order valence-electron chi connectivity index (χ2n) is 6.89. The van der Waals surface area contributed by atoms with Crippen LogP contribution in [0.25, 0.3) is 0 Å². The lowest BCUT2D eigenvalue weighted by Crippen LogP contribution is -2.06. The van der Waals surface area contributed by atoms with E-state index in [0.717, 1.165) is 28.2 Å². The molecular formula is C27H20BrO2. The fraction of sp³-hybridized carbons (Fsp3) is 0.0370. The normalized spacial score (nSPS) is 11.6. The first-order valence-corrected chi connectivity index (χ1v) is 10.6. The van der Waals surface area contributed by atoms with Crippen LogP contribution in [0.1, 0.15) is 31.9 Å². The van der Waals surface area contributed by atoms with Crippen molar-refractivity contribution in [2.45, 2.75) is 4.83 Å². The van der Waals surface area contributed by atoms with Crippen molar-refractivity contribution in [3.8, 4) is 11.5 Å².